The van der Waals surface area contributed by atoms with E-state index in [2.05, 4.69) is 36.2 Å². The first-order valence-corrected chi connectivity index (χ1v) is 6.68. The third kappa shape index (κ3) is 1.77. The minimum Gasteiger partial charge on any atom is -0.369 e. The molecular weight excluding hydrogens is 222 g/mol. The standard InChI is InChI=1S/C15H19N3/c1-10-5-13(7-16)15(6-11(10)2)18-8-12-3-4-17-14(12)9-18/h5-6,12,14,17H,3-4,8-9H2,1-2H3/t12-,14+/m0/s1. The average Bonchev–Trinajstić information content (AvgIpc) is 2.92. The van der Waals surface area contributed by atoms with E-state index in [9.17, 15) is 5.26 Å². The zero-order valence-corrected chi connectivity index (χ0v) is 11.0. The van der Waals surface area contributed by atoms with E-state index in [1.807, 2.05) is 6.07 Å². The summed E-state index contributed by atoms with van der Waals surface area (Å²) in [4.78, 5) is 2.38. The molecule has 1 aromatic rings. The molecule has 0 spiro atoms. The van der Waals surface area contributed by atoms with E-state index in [0.717, 1.165) is 36.8 Å². The minimum absolute atomic E-state index is 0.623. The lowest BCUT2D eigenvalue weighted by Crippen LogP contribution is -2.30. The second-order valence-electron chi connectivity index (χ2n) is 5.58. The van der Waals surface area contributed by atoms with Gasteiger partial charge in [0.25, 0.3) is 0 Å². The van der Waals surface area contributed by atoms with Crippen LogP contribution in [0, 0.1) is 31.1 Å². The molecule has 2 saturated heterocycles. The Morgan fingerprint density at radius 3 is 2.78 bits per heavy atom. The van der Waals surface area contributed by atoms with Crippen LogP contribution in [-0.2, 0) is 0 Å². The Bertz CT molecular complexity index is 503. The Hall–Kier alpha value is -1.53. The number of anilines is 1. The molecule has 0 aromatic heterocycles. The summed E-state index contributed by atoms with van der Waals surface area (Å²) < 4.78 is 0. The van der Waals surface area contributed by atoms with Gasteiger partial charge in [0.15, 0.2) is 0 Å². The molecule has 0 aliphatic carbocycles. The Balaban J connectivity index is 1.93. The van der Waals surface area contributed by atoms with Crippen molar-refractivity contribution in [1.82, 2.24) is 5.32 Å². The summed E-state index contributed by atoms with van der Waals surface area (Å²) in [7, 11) is 0. The molecule has 2 aliphatic rings. The van der Waals surface area contributed by atoms with Crippen LogP contribution in [0.1, 0.15) is 23.1 Å². The molecule has 0 radical (unpaired) electrons. The highest BCUT2D eigenvalue weighted by Crippen LogP contribution is 2.32. The monoisotopic (exact) mass is 241 g/mol. The van der Waals surface area contributed by atoms with Crippen LogP contribution in [0.5, 0.6) is 0 Å². The molecule has 3 rings (SSSR count). The molecule has 0 amide bonds. The van der Waals surface area contributed by atoms with Crippen molar-refractivity contribution in [3.63, 3.8) is 0 Å². The van der Waals surface area contributed by atoms with Gasteiger partial charge in [-0.3, -0.25) is 0 Å². The Morgan fingerprint density at radius 2 is 2.06 bits per heavy atom. The number of hydrogen-bond donors (Lipinski definition) is 1. The van der Waals surface area contributed by atoms with Crippen molar-refractivity contribution >= 4 is 5.69 Å². The minimum atomic E-state index is 0.623. The molecule has 94 valence electrons. The van der Waals surface area contributed by atoms with Gasteiger partial charge in [-0.15, -0.1) is 0 Å². The van der Waals surface area contributed by atoms with Gasteiger partial charge in [0.2, 0.25) is 0 Å². The van der Waals surface area contributed by atoms with Crippen LogP contribution >= 0.6 is 0 Å². The SMILES string of the molecule is Cc1cc(C#N)c(N2C[C@@H]3CCN[C@@H]3C2)cc1C. The van der Waals surface area contributed by atoms with Crippen LogP contribution in [0.15, 0.2) is 12.1 Å². The molecular formula is C15H19N3. The van der Waals surface area contributed by atoms with Gasteiger partial charge in [-0.1, -0.05) is 0 Å². The largest absolute Gasteiger partial charge is 0.369 e. The van der Waals surface area contributed by atoms with E-state index in [1.165, 1.54) is 17.5 Å². The van der Waals surface area contributed by atoms with Crippen molar-refractivity contribution in [2.45, 2.75) is 26.3 Å². The summed E-state index contributed by atoms with van der Waals surface area (Å²) >= 11 is 0. The quantitative estimate of drug-likeness (QED) is 0.817. The van der Waals surface area contributed by atoms with E-state index >= 15 is 0 Å². The molecule has 2 heterocycles. The number of nitrogens with zero attached hydrogens (tertiary/aromatic N) is 2. The van der Waals surface area contributed by atoms with Crippen molar-refractivity contribution in [1.29, 1.82) is 5.26 Å². The first kappa shape index (κ1) is 11.6. The Labute approximate surface area is 108 Å². The van der Waals surface area contributed by atoms with Crippen molar-refractivity contribution in [3.8, 4) is 6.07 Å². The number of hydrogen-bond acceptors (Lipinski definition) is 3. The smallest absolute Gasteiger partial charge is 0.101 e. The Kier molecular flexibility index (Phi) is 2.76. The molecule has 2 atom stereocenters. The van der Waals surface area contributed by atoms with Gasteiger partial charge < -0.3 is 10.2 Å². The maximum absolute atomic E-state index is 9.30. The third-order valence-corrected chi connectivity index (χ3v) is 4.44. The van der Waals surface area contributed by atoms with E-state index in [-0.39, 0.29) is 0 Å². The fourth-order valence-electron chi connectivity index (χ4n) is 3.20. The van der Waals surface area contributed by atoms with Crippen LogP contribution in [0.3, 0.4) is 0 Å². The number of aryl methyl sites for hydroxylation is 2. The fourth-order valence-corrected chi connectivity index (χ4v) is 3.20. The highest BCUT2D eigenvalue weighted by atomic mass is 15.2. The molecule has 3 nitrogen and oxygen atoms in total. The van der Waals surface area contributed by atoms with E-state index < -0.39 is 0 Å². The van der Waals surface area contributed by atoms with Crippen molar-refractivity contribution in [3.05, 3.63) is 28.8 Å². The topological polar surface area (TPSA) is 39.1 Å². The van der Waals surface area contributed by atoms with Crippen molar-refractivity contribution in [2.24, 2.45) is 5.92 Å². The summed E-state index contributed by atoms with van der Waals surface area (Å²) in [5.41, 5.74) is 4.41. The number of rotatable bonds is 1. The number of nitrogens with one attached hydrogen (secondary N) is 1. The van der Waals surface area contributed by atoms with Gasteiger partial charge in [0.05, 0.1) is 11.3 Å². The maximum Gasteiger partial charge on any atom is 0.101 e. The molecule has 2 aliphatic heterocycles. The van der Waals surface area contributed by atoms with Gasteiger partial charge in [-0.05, 0) is 56.0 Å². The maximum atomic E-state index is 9.30. The van der Waals surface area contributed by atoms with Crippen LogP contribution in [0.4, 0.5) is 5.69 Å². The molecule has 0 saturated carbocycles. The predicted octanol–water partition coefficient (Wildman–Crippen LogP) is 1.97. The fraction of sp³-hybridized carbons (Fsp3) is 0.533. The lowest BCUT2D eigenvalue weighted by atomic mass is 10.0. The van der Waals surface area contributed by atoms with E-state index in [0.29, 0.717) is 6.04 Å². The Morgan fingerprint density at radius 1 is 1.28 bits per heavy atom. The number of nitriles is 1. The highest BCUT2D eigenvalue weighted by Gasteiger charge is 2.36. The second kappa shape index (κ2) is 4.29. The summed E-state index contributed by atoms with van der Waals surface area (Å²) in [6, 6.07) is 7.16. The normalized spacial score (nSPS) is 26.2. The summed E-state index contributed by atoms with van der Waals surface area (Å²) in [5, 5.41) is 12.9. The first-order chi connectivity index (χ1) is 8.69. The van der Waals surface area contributed by atoms with Crippen LogP contribution in [-0.4, -0.2) is 25.7 Å². The zero-order valence-electron chi connectivity index (χ0n) is 11.0. The molecule has 0 unspecified atom stereocenters. The van der Waals surface area contributed by atoms with Gasteiger partial charge in [-0.25, -0.2) is 0 Å². The van der Waals surface area contributed by atoms with Gasteiger partial charge in [-0.2, -0.15) is 5.26 Å². The lowest BCUT2D eigenvalue weighted by Gasteiger charge is -2.22. The third-order valence-electron chi connectivity index (χ3n) is 4.44. The van der Waals surface area contributed by atoms with Crippen molar-refractivity contribution in [2.75, 3.05) is 24.5 Å². The molecule has 1 aromatic carbocycles. The zero-order chi connectivity index (χ0) is 12.7. The molecule has 18 heavy (non-hydrogen) atoms. The van der Waals surface area contributed by atoms with Crippen LogP contribution < -0.4 is 10.2 Å². The summed E-state index contributed by atoms with van der Waals surface area (Å²) in [6.45, 7) is 7.48. The number of fused-ring (bicyclic) bond motifs is 1. The van der Waals surface area contributed by atoms with Crippen LogP contribution in [0.2, 0.25) is 0 Å². The first-order valence-electron chi connectivity index (χ1n) is 6.68. The predicted molar refractivity (Wildman–Crippen MR) is 72.7 cm³/mol. The van der Waals surface area contributed by atoms with Crippen LogP contribution in [0.25, 0.3) is 0 Å². The number of benzene rings is 1. The molecule has 2 fully saturated rings. The second-order valence-corrected chi connectivity index (χ2v) is 5.58. The average molecular weight is 241 g/mol. The molecule has 0 bridgehead atoms. The lowest BCUT2D eigenvalue weighted by molar-refractivity contribution is 0.556. The van der Waals surface area contributed by atoms with Gasteiger partial charge >= 0.3 is 0 Å². The molecule has 3 heteroatoms. The van der Waals surface area contributed by atoms with Crippen molar-refractivity contribution < 1.29 is 0 Å². The van der Waals surface area contributed by atoms with Gasteiger partial charge in [0, 0.05) is 19.1 Å². The molecule has 1 N–H and O–H groups in total. The van der Waals surface area contributed by atoms with E-state index in [4.69, 9.17) is 0 Å². The van der Waals surface area contributed by atoms with Gasteiger partial charge in [0.1, 0.15) is 6.07 Å². The summed E-state index contributed by atoms with van der Waals surface area (Å²) in [5.74, 6) is 0.762. The highest BCUT2D eigenvalue weighted by molar-refractivity contribution is 5.63. The van der Waals surface area contributed by atoms with E-state index in [1.54, 1.807) is 0 Å². The summed E-state index contributed by atoms with van der Waals surface area (Å²) in [6.07, 6.45) is 1.27.